The van der Waals surface area contributed by atoms with Crippen LogP contribution >= 0.6 is 0 Å². The van der Waals surface area contributed by atoms with Crippen molar-refractivity contribution in [1.82, 2.24) is 5.32 Å². The zero-order valence-corrected chi connectivity index (χ0v) is 10.9. The first-order valence-electron chi connectivity index (χ1n) is 6.59. The van der Waals surface area contributed by atoms with Gasteiger partial charge in [-0.05, 0) is 29.3 Å². The van der Waals surface area contributed by atoms with E-state index in [1.165, 1.54) is 12.1 Å². The molecule has 2 aromatic rings. The van der Waals surface area contributed by atoms with Crippen molar-refractivity contribution in [2.24, 2.45) is 0 Å². The number of nitrogens with one attached hydrogen (secondary N) is 2. The fourth-order valence-corrected chi connectivity index (χ4v) is 2.53. The molecule has 3 rings (SSSR count). The highest BCUT2D eigenvalue weighted by molar-refractivity contribution is 5.96. The summed E-state index contributed by atoms with van der Waals surface area (Å²) in [6.07, 6.45) is 0. The summed E-state index contributed by atoms with van der Waals surface area (Å²) in [5.74, 6) is -0.719. The quantitative estimate of drug-likeness (QED) is 0.881. The number of fused-ring (bicyclic) bond motifs is 1. The predicted molar refractivity (Wildman–Crippen MR) is 75.9 cm³/mol. The van der Waals surface area contributed by atoms with Gasteiger partial charge in [-0.2, -0.15) is 0 Å². The summed E-state index contributed by atoms with van der Waals surface area (Å²) in [5, 5.41) is 6.01. The molecule has 0 aliphatic carbocycles. The number of carbonyl (C=O) groups is 1. The van der Waals surface area contributed by atoms with Crippen LogP contribution < -0.4 is 10.6 Å². The first-order valence-corrected chi connectivity index (χ1v) is 6.59. The summed E-state index contributed by atoms with van der Waals surface area (Å²) < 4.78 is 13.1. The van der Waals surface area contributed by atoms with Crippen LogP contribution in [0.15, 0.2) is 48.5 Å². The lowest BCUT2D eigenvalue weighted by Crippen LogP contribution is -2.35. The normalized spacial score (nSPS) is 17.4. The highest BCUT2D eigenvalue weighted by atomic mass is 19.1. The molecule has 102 valence electrons. The molecule has 0 radical (unpaired) electrons. The van der Waals surface area contributed by atoms with Gasteiger partial charge in [-0.25, -0.2) is 4.39 Å². The Morgan fingerprint density at radius 1 is 1.20 bits per heavy atom. The molecule has 2 aromatic carbocycles. The standard InChI is InChI=1S/C16H15FN2O/c17-12-5-3-6-13(8-12)19-16(20)15-10-18-9-11-4-1-2-7-14(11)15/h1-8,15,18H,9-10H2,(H,19,20). The first-order chi connectivity index (χ1) is 9.74. The predicted octanol–water partition coefficient (Wildman–Crippen LogP) is 2.65. The van der Waals surface area contributed by atoms with Crippen molar-refractivity contribution in [3.05, 3.63) is 65.5 Å². The van der Waals surface area contributed by atoms with Crippen LogP contribution in [0.5, 0.6) is 0 Å². The monoisotopic (exact) mass is 270 g/mol. The minimum Gasteiger partial charge on any atom is -0.325 e. The molecule has 1 aliphatic rings. The molecule has 1 aliphatic heterocycles. The third-order valence-corrected chi connectivity index (χ3v) is 3.50. The van der Waals surface area contributed by atoms with E-state index in [0.29, 0.717) is 12.2 Å². The number of amides is 1. The Kier molecular flexibility index (Phi) is 3.48. The largest absolute Gasteiger partial charge is 0.325 e. The van der Waals surface area contributed by atoms with Gasteiger partial charge in [0.25, 0.3) is 0 Å². The average Bonchev–Trinajstić information content (AvgIpc) is 2.46. The summed E-state index contributed by atoms with van der Waals surface area (Å²) in [4.78, 5) is 12.4. The Hall–Kier alpha value is -2.20. The van der Waals surface area contributed by atoms with Crippen LogP contribution in [-0.2, 0) is 11.3 Å². The van der Waals surface area contributed by atoms with E-state index in [1.807, 2.05) is 24.3 Å². The Bertz CT molecular complexity index is 642. The van der Waals surface area contributed by atoms with Crippen molar-refractivity contribution >= 4 is 11.6 Å². The lowest BCUT2D eigenvalue weighted by atomic mass is 9.90. The number of hydrogen-bond donors (Lipinski definition) is 2. The molecule has 0 saturated heterocycles. The fourth-order valence-electron chi connectivity index (χ4n) is 2.53. The maximum absolute atomic E-state index is 13.1. The zero-order valence-electron chi connectivity index (χ0n) is 10.9. The molecule has 0 bridgehead atoms. The summed E-state index contributed by atoms with van der Waals surface area (Å²) >= 11 is 0. The number of hydrogen-bond acceptors (Lipinski definition) is 2. The highest BCUT2D eigenvalue weighted by Crippen LogP contribution is 2.25. The van der Waals surface area contributed by atoms with Crippen LogP contribution in [-0.4, -0.2) is 12.5 Å². The molecule has 1 amide bonds. The van der Waals surface area contributed by atoms with Crippen LogP contribution in [0.2, 0.25) is 0 Å². The summed E-state index contributed by atoms with van der Waals surface area (Å²) in [6.45, 7) is 1.37. The average molecular weight is 270 g/mol. The fraction of sp³-hybridized carbons (Fsp3) is 0.188. The minimum absolute atomic E-state index is 0.116. The van der Waals surface area contributed by atoms with Gasteiger partial charge in [0.2, 0.25) is 5.91 Å². The third kappa shape index (κ3) is 2.56. The Labute approximate surface area is 116 Å². The molecule has 3 nitrogen and oxygen atoms in total. The molecule has 2 N–H and O–H groups in total. The van der Waals surface area contributed by atoms with Crippen LogP contribution in [0, 0.1) is 5.82 Å². The number of rotatable bonds is 2. The zero-order chi connectivity index (χ0) is 13.9. The number of halogens is 1. The van der Waals surface area contributed by atoms with Crippen molar-refractivity contribution in [2.75, 3.05) is 11.9 Å². The van der Waals surface area contributed by atoms with Crippen molar-refractivity contribution < 1.29 is 9.18 Å². The number of benzene rings is 2. The molecule has 4 heteroatoms. The van der Waals surface area contributed by atoms with Gasteiger partial charge >= 0.3 is 0 Å². The van der Waals surface area contributed by atoms with Gasteiger partial charge in [0.15, 0.2) is 0 Å². The van der Waals surface area contributed by atoms with E-state index >= 15 is 0 Å². The van der Waals surface area contributed by atoms with E-state index in [9.17, 15) is 9.18 Å². The SMILES string of the molecule is O=C(Nc1cccc(F)c1)C1CNCc2ccccc21. The number of anilines is 1. The van der Waals surface area contributed by atoms with Crippen molar-refractivity contribution in [3.8, 4) is 0 Å². The molecule has 0 aromatic heterocycles. The molecular weight excluding hydrogens is 255 g/mol. The van der Waals surface area contributed by atoms with E-state index < -0.39 is 0 Å². The Morgan fingerprint density at radius 3 is 2.90 bits per heavy atom. The van der Waals surface area contributed by atoms with Crippen molar-refractivity contribution in [2.45, 2.75) is 12.5 Å². The van der Waals surface area contributed by atoms with Gasteiger partial charge in [0.05, 0.1) is 5.92 Å². The first kappa shape index (κ1) is 12.8. The number of carbonyl (C=O) groups excluding carboxylic acids is 1. The summed E-state index contributed by atoms with van der Waals surface area (Å²) in [7, 11) is 0. The van der Waals surface area contributed by atoms with E-state index in [-0.39, 0.29) is 17.6 Å². The maximum Gasteiger partial charge on any atom is 0.233 e. The minimum atomic E-state index is -0.357. The van der Waals surface area contributed by atoms with Gasteiger partial charge in [-0.15, -0.1) is 0 Å². The molecule has 0 saturated carbocycles. The Balaban J connectivity index is 1.82. The molecule has 1 atom stereocenters. The topological polar surface area (TPSA) is 41.1 Å². The van der Waals surface area contributed by atoms with E-state index in [2.05, 4.69) is 10.6 Å². The second-order valence-electron chi connectivity index (χ2n) is 4.88. The van der Waals surface area contributed by atoms with Crippen LogP contribution in [0.25, 0.3) is 0 Å². The van der Waals surface area contributed by atoms with E-state index in [1.54, 1.807) is 12.1 Å². The molecule has 1 heterocycles. The highest BCUT2D eigenvalue weighted by Gasteiger charge is 2.25. The third-order valence-electron chi connectivity index (χ3n) is 3.50. The van der Waals surface area contributed by atoms with E-state index in [0.717, 1.165) is 17.7 Å². The van der Waals surface area contributed by atoms with Crippen LogP contribution in [0.3, 0.4) is 0 Å². The van der Waals surface area contributed by atoms with Gasteiger partial charge in [0, 0.05) is 18.8 Å². The molecule has 0 spiro atoms. The lowest BCUT2D eigenvalue weighted by Gasteiger charge is -2.25. The van der Waals surface area contributed by atoms with Gasteiger partial charge in [0.1, 0.15) is 5.82 Å². The summed E-state index contributed by atoms with van der Waals surface area (Å²) in [5.41, 5.74) is 2.66. The summed E-state index contributed by atoms with van der Waals surface area (Å²) in [6, 6.07) is 13.8. The van der Waals surface area contributed by atoms with Crippen LogP contribution in [0.4, 0.5) is 10.1 Å². The smallest absolute Gasteiger partial charge is 0.233 e. The van der Waals surface area contributed by atoms with Crippen LogP contribution in [0.1, 0.15) is 17.0 Å². The van der Waals surface area contributed by atoms with Gasteiger partial charge in [-0.1, -0.05) is 30.3 Å². The molecule has 0 fully saturated rings. The lowest BCUT2D eigenvalue weighted by molar-refractivity contribution is -0.117. The second kappa shape index (κ2) is 5.43. The molecular formula is C16H15FN2O. The van der Waals surface area contributed by atoms with E-state index in [4.69, 9.17) is 0 Å². The van der Waals surface area contributed by atoms with Crippen molar-refractivity contribution in [3.63, 3.8) is 0 Å². The van der Waals surface area contributed by atoms with Gasteiger partial charge < -0.3 is 10.6 Å². The maximum atomic E-state index is 13.1. The molecule has 20 heavy (non-hydrogen) atoms. The van der Waals surface area contributed by atoms with Gasteiger partial charge in [-0.3, -0.25) is 4.79 Å². The second-order valence-corrected chi connectivity index (χ2v) is 4.88. The Morgan fingerprint density at radius 2 is 2.05 bits per heavy atom. The van der Waals surface area contributed by atoms with Crippen molar-refractivity contribution in [1.29, 1.82) is 0 Å². The molecule has 1 unspecified atom stereocenters.